The number of rotatable bonds is 2. The summed E-state index contributed by atoms with van der Waals surface area (Å²) >= 11 is 0. The summed E-state index contributed by atoms with van der Waals surface area (Å²) in [5.41, 5.74) is 0. The Labute approximate surface area is 90.1 Å². The molecule has 2 N–H and O–H groups in total. The van der Waals surface area contributed by atoms with Gasteiger partial charge in [0.1, 0.15) is 6.10 Å². The van der Waals surface area contributed by atoms with Gasteiger partial charge in [0.05, 0.1) is 29.3 Å². The van der Waals surface area contributed by atoms with Crippen molar-refractivity contribution < 1.29 is 27.6 Å². The van der Waals surface area contributed by atoms with Crippen LogP contribution in [0, 0.1) is 0 Å². The standard InChI is InChI=1S/C8H16O6S/c1-6(2)13-8(9)14-7-3-4-12-15(10,11)5-7/h6-7,10-11H,3-5H2,1-2H3. The van der Waals surface area contributed by atoms with Crippen LogP contribution in [0.5, 0.6) is 0 Å². The molecule has 0 aromatic carbocycles. The van der Waals surface area contributed by atoms with Crippen molar-refractivity contribution in [2.75, 3.05) is 12.4 Å². The van der Waals surface area contributed by atoms with E-state index in [1.807, 2.05) is 0 Å². The fourth-order valence-electron chi connectivity index (χ4n) is 1.14. The van der Waals surface area contributed by atoms with E-state index in [2.05, 4.69) is 0 Å². The molecule has 0 bridgehead atoms. The van der Waals surface area contributed by atoms with Crippen molar-refractivity contribution in [3.63, 3.8) is 0 Å². The Morgan fingerprint density at radius 2 is 2.20 bits per heavy atom. The van der Waals surface area contributed by atoms with E-state index >= 15 is 0 Å². The molecule has 0 radical (unpaired) electrons. The number of carbonyl (C=O) groups is 1. The van der Waals surface area contributed by atoms with Gasteiger partial charge in [-0.1, -0.05) is 0 Å². The predicted octanol–water partition coefficient (Wildman–Crippen LogP) is 2.00. The molecule has 6 nitrogen and oxygen atoms in total. The fourth-order valence-corrected chi connectivity index (χ4v) is 2.31. The van der Waals surface area contributed by atoms with Crippen molar-refractivity contribution in [2.24, 2.45) is 0 Å². The fraction of sp³-hybridized carbons (Fsp3) is 0.875. The van der Waals surface area contributed by atoms with Crippen molar-refractivity contribution >= 4 is 17.0 Å². The summed E-state index contributed by atoms with van der Waals surface area (Å²) in [6.07, 6.45) is -1.14. The van der Waals surface area contributed by atoms with Crippen molar-refractivity contribution in [3.8, 4) is 0 Å². The van der Waals surface area contributed by atoms with Crippen LogP contribution < -0.4 is 0 Å². The van der Waals surface area contributed by atoms with Gasteiger partial charge < -0.3 is 18.6 Å². The largest absolute Gasteiger partial charge is 0.508 e. The van der Waals surface area contributed by atoms with Gasteiger partial charge in [-0.25, -0.2) is 4.79 Å². The second-order valence-corrected chi connectivity index (χ2v) is 5.32. The number of hydrogen-bond acceptors (Lipinski definition) is 6. The number of ether oxygens (including phenoxy) is 2. The molecule has 0 aliphatic carbocycles. The Kier molecular flexibility index (Phi) is 4.21. The van der Waals surface area contributed by atoms with Gasteiger partial charge in [0.15, 0.2) is 0 Å². The van der Waals surface area contributed by atoms with Crippen LogP contribution in [0.2, 0.25) is 0 Å². The van der Waals surface area contributed by atoms with Gasteiger partial charge in [0.25, 0.3) is 0 Å². The van der Waals surface area contributed by atoms with E-state index < -0.39 is 23.1 Å². The van der Waals surface area contributed by atoms with Crippen LogP contribution in [0.25, 0.3) is 0 Å². The third-order valence-electron chi connectivity index (χ3n) is 1.71. The molecular weight excluding hydrogens is 224 g/mol. The lowest BCUT2D eigenvalue weighted by atomic mass is 10.3. The van der Waals surface area contributed by atoms with E-state index in [9.17, 15) is 13.9 Å². The lowest BCUT2D eigenvalue weighted by Gasteiger charge is -2.34. The first-order chi connectivity index (χ1) is 6.89. The zero-order chi connectivity index (χ0) is 11.5. The van der Waals surface area contributed by atoms with E-state index in [0.717, 1.165) is 0 Å². The van der Waals surface area contributed by atoms with Crippen LogP contribution in [-0.2, 0) is 13.7 Å². The molecule has 1 unspecified atom stereocenters. The van der Waals surface area contributed by atoms with Gasteiger partial charge in [-0.3, -0.25) is 4.18 Å². The molecule has 7 heteroatoms. The quantitative estimate of drug-likeness (QED) is 0.718. The Morgan fingerprint density at radius 3 is 2.73 bits per heavy atom. The Morgan fingerprint density at radius 1 is 1.53 bits per heavy atom. The highest BCUT2D eigenvalue weighted by Crippen LogP contribution is 2.44. The maximum Gasteiger partial charge on any atom is 0.508 e. The van der Waals surface area contributed by atoms with E-state index in [1.165, 1.54) is 0 Å². The second kappa shape index (κ2) is 5.02. The lowest BCUT2D eigenvalue weighted by Crippen LogP contribution is -2.32. The van der Waals surface area contributed by atoms with Gasteiger partial charge >= 0.3 is 6.16 Å². The predicted molar refractivity (Wildman–Crippen MR) is 54.8 cm³/mol. The molecule has 1 atom stereocenters. The minimum atomic E-state index is -3.04. The molecule has 90 valence electrons. The average Bonchev–Trinajstić information content (AvgIpc) is 1.99. The van der Waals surface area contributed by atoms with Crippen LogP contribution in [0.4, 0.5) is 4.79 Å². The van der Waals surface area contributed by atoms with Crippen LogP contribution in [0.15, 0.2) is 0 Å². The van der Waals surface area contributed by atoms with E-state index in [-0.39, 0.29) is 18.5 Å². The molecule has 0 amide bonds. The third kappa shape index (κ3) is 4.70. The molecule has 1 aliphatic heterocycles. The highest BCUT2D eigenvalue weighted by Gasteiger charge is 2.32. The van der Waals surface area contributed by atoms with Crippen molar-refractivity contribution in [3.05, 3.63) is 0 Å². The maximum atomic E-state index is 11.1. The minimum Gasteiger partial charge on any atom is -0.432 e. The highest BCUT2D eigenvalue weighted by atomic mass is 32.3. The summed E-state index contributed by atoms with van der Waals surface area (Å²) in [6, 6.07) is 0. The third-order valence-corrected chi connectivity index (χ3v) is 3.06. The first kappa shape index (κ1) is 12.6. The molecule has 1 heterocycles. The van der Waals surface area contributed by atoms with E-state index in [1.54, 1.807) is 13.8 Å². The number of hydrogen-bond donors (Lipinski definition) is 2. The molecule has 1 saturated heterocycles. The minimum absolute atomic E-state index is 0.0831. The normalized spacial score (nSPS) is 27.1. The highest BCUT2D eigenvalue weighted by molar-refractivity contribution is 8.20. The van der Waals surface area contributed by atoms with Crippen LogP contribution in [0.1, 0.15) is 20.3 Å². The Hall–Kier alpha value is -0.500. The van der Waals surface area contributed by atoms with Crippen molar-refractivity contribution in [2.45, 2.75) is 32.5 Å². The molecule has 1 rings (SSSR count). The average molecular weight is 240 g/mol. The molecule has 0 saturated carbocycles. The molecule has 0 spiro atoms. The monoisotopic (exact) mass is 240 g/mol. The van der Waals surface area contributed by atoms with Crippen molar-refractivity contribution in [1.29, 1.82) is 0 Å². The van der Waals surface area contributed by atoms with E-state index in [0.29, 0.717) is 6.42 Å². The van der Waals surface area contributed by atoms with Crippen LogP contribution >= 0.6 is 10.9 Å². The molecule has 0 aromatic heterocycles. The Bertz CT molecular complexity index is 229. The molecule has 1 aliphatic rings. The summed E-state index contributed by atoms with van der Waals surface area (Å²) in [4.78, 5) is 11.1. The molecule has 15 heavy (non-hydrogen) atoms. The maximum absolute atomic E-state index is 11.1. The summed E-state index contributed by atoms with van der Waals surface area (Å²) < 4.78 is 32.8. The van der Waals surface area contributed by atoms with Gasteiger partial charge in [0.2, 0.25) is 0 Å². The summed E-state index contributed by atoms with van der Waals surface area (Å²) in [7, 11) is -3.04. The number of carbonyl (C=O) groups excluding carboxylic acids is 1. The smallest absolute Gasteiger partial charge is 0.432 e. The lowest BCUT2D eigenvalue weighted by molar-refractivity contribution is 0.00209. The second-order valence-electron chi connectivity index (χ2n) is 3.54. The van der Waals surface area contributed by atoms with Gasteiger partial charge in [-0.2, -0.15) is 0 Å². The molecular formula is C8H16O6S. The molecule has 1 fully saturated rings. The zero-order valence-corrected chi connectivity index (χ0v) is 9.53. The van der Waals surface area contributed by atoms with Gasteiger partial charge in [-0.05, 0) is 13.8 Å². The first-order valence-corrected chi connectivity index (χ1v) is 6.31. The Balaban J connectivity index is 2.35. The van der Waals surface area contributed by atoms with Gasteiger partial charge in [-0.15, -0.1) is 0 Å². The summed E-state index contributed by atoms with van der Waals surface area (Å²) in [6.45, 7) is 3.58. The van der Waals surface area contributed by atoms with Crippen LogP contribution in [0.3, 0.4) is 0 Å². The van der Waals surface area contributed by atoms with Crippen molar-refractivity contribution in [1.82, 2.24) is 0 Å². The zero-order valence-electron chi connectivity index (χ0n) is 8.71. The van der Waals surface area contributed by atoms with E-state index in [4.69, 9.17) is 13.7 Å². The van der Waals surface area contributed by atoms with Gasteiger partial charge in [0, 0.05) is 6.42 Å². The molecule has 0 aromatic rings. The summed E-state index contributed by atoms with van der Waals surface area (Å²) in [5, 5.41) is 0. The SMILES string of the molecule is CC(C)OC(=O)OC1CCOS(O)(O)C1. The summed E-state index contributed by atoms with van der Waals surface area (Å²) in [5.74, 6) is -0.0831. The topological polar surface area (TPSA) is 85.2 Å². The first-order valence-electron chi connectivity index (χ1n) is 4.66. The van der Waals surface area contributed by atoms with Crippen LogP contribution in [-0.4, -0.2) is 39.8 Å².